The Hall–Kier alpha value is -1.51. The molecule has 2 aliphatic rings. The average Bonchev–Trinajstić information content (AvgIpc) is 3.46. The number of halogens is 1. The molecule has 1 amide bonds. The second-order valence-electron chi connectivity index (χ2n) is 7.99. The van der Waals surface area contributed by atoms with Crippen LogP contribution in [0.5, 0.6) is 5.75 Å². The van der Waals surface area contributed by atoms with Crippen LogP contribution in [-0.2, 0) is 11.3 Å². The molecule has 0 aliphatic heterocycles. The van der Waals surface area contributed by atoms with Crippen LogP contribution in [0, 0.1) is 18.8 Å². The van der Waals surface area contributed by atoms with E-state index < -0.39 is 0 Å². The molecular weight excluding hydrogens is 479 g/mol. The number of hydrogen-bond donors (Lipinski definition) is 3. The lowest BCUT2D eigenvalue weighted by Crippen LogP contribution is -2.39. The van der Waals surface area contributed by atoms with E-state index in [1.165, 1.54) is 24.8 Å². The predicted molar refractivity (Wildman–Crippen MR) is 128 cm³/mol. The van der Waals surface area contributed by atoms with E-state index in [9.17, 15) is 4.79 Å². The summed E-state index contributed by atoms with van der Waals surface area (Å²) < 4.78 is 6.04. The van der Waals surface area contributed by atoms with Gasteiger partial charge in [-0.25, -0.2) is 0 Å². The van der Waals surface area contributed by atoms with Crippen LogP contribution in [0.2, 0.25) is 0 Å². The van der Waals surface area contributed by atoms with Gasteiger partial charge in [-0.2, -0.15) is 0 Å². The molecule has 0 bridgehead atoms. The number of nitrogens with zero attached hydrogens (tertiary/aromatic N) is 1. The van der Waals surface area contributed by atoms with Crippen LogP contribution in [-0.4, -0.2) is 38.6 Å². The number of benzene rings is 1. The zero-order chi connectivity index (χ0) is 19.8. The van der Waals surface area contributed by atoms with Gasteiger partial charge in [0.15, 0.2) is 5.96 Å². The number of nitrogens with one attached hydrogen (secondary N) is 3. The molecule has 0 spiro atoms. The van der Waals surface area contributed by atoms with Crippen LogP contribution in [0.25, 0.3) is 0 Å². The van der Waals surface area contributed by atoms with E-state index in [2.05, 4.69) is 46.1 Å². The normalized spacial score (nSPS) is 16.4. The van der Waals surface area contributed by atoms with Crippen molar-refractivity contribution in [1.29, 1.82) is 0 Å². The van der Waals surface area contributed by atoms with Gasteiger partial charge in [0.25, 0.3) is 0 Å². The highest BCUT2D eigenvalue weighted by Gasteiger charge is 2.24. The van der Waals surface area contributed by atoms with Gasteiger partial charge < -0.3 is 20.7 Å². The number of guanidine groups is 1. The molecule has 29 heavy (non-hydrogen) atoms. The fourth-order valence-corrected chi connectivity index (χ4v) is 3.16. The van der Waals surface area contributed by atoms with E-state index in [0.29, 0.717) is 13.1 Å². The Labute approximate surface area is 191 Å². The van der Waals surface area contributed by atoms with E-state index in [1.807, 2.05) is 0 Å². The Balaban J connectivity index is 0.00000300. The summed E-state index contributed by atoms with van der Waals surface area (Å²) in [5, 5.41) is 9.68. The Bertz CT molecular complexity index is 687. The molecule has 0 radical (unpaired) electrons. The first kappa shape index (κ1) is 23.8. The first-order valence-electron chi connectivity index (χ1n) is 10.6. The minimum absolute atomic E-state index is 0. The van der Waals surface area contributed by atoms with E-state index in [1.54, 1.807) is 7.05 Å². The summed E-state index contributed by atoms with van der Waals surface area (Å²) >= 11 is 0. The molecule has 3 rings (SSSR count). The first-order chi connectivity index (χ1) is 13.7. The highest BCUT2D eigenvalue weighted by Crippen LogP contribution is 2.30. The van der Waals surface area contributed by atoms with Gasteiger partial charge in [0, 0.05) is 38.2 Å². The summed E-state index contributed by atoms with van der Waals surface area (Å²) in [5.74, 6) is 2.94. The second-order valence-corrected chi connectivity index (χ2v) is 7.99. The van der Waals surface area contributed by atoms with Crippen LogP contribution in [0.1, 0.15) is 49.7 Å². The van der Waals surface area contributed by atoms with Crippen molar-refractivity contribution in [2.45, 2.75) is 52.0 Å². The van der Waals surface area contributed by atoms with Gasteiger partial charge in [-0.05, 0) is 56.6 Å². The number of aliphatic imine (C=N–C) groups is 1. The Kier molecular flexibility index (Phi) is 10.0. The van der Waals surface area contributed by atoms with Gasteiger partial charge in [-0.1, -0.05) is 18.6 Å². The number of carbonyl (C=O) groups excluding carboxylic acids is 1. The fraction of sp³-hybridized carbons (Fsp3) is 0.636. The first-order valence-corrected chi connectivity index (χ1v) is 10.6. The lowest BCUT2D eigenvalue weighted by Gasteiger charge is -2.24. The Morgan fingerprint density at radius 3 is 2.55 bits per heavy atom. The fourth-order valence-electron chi connectivity index (χ4n) is 3.16. The van der Waals surface area contributed by atoms with Crippen molar-refractivity contribution in [2.75, 3.05) is 26.7 Å². The number of carbonyl (C=O) groups is 1. The Morgan fingerprint density at radius 2 is 1.90 bits per heavy atom. The zero-order valence-electron chi connectivity index (χ0n) is 17.6. The largest absolute Gasteiger partial charge is 0.493 e. The van der Waals surface area contributed by atoms with Gasteiger partial charge in [-0.3, -0.25) is 9.79 Å². The summed E-state index contributed by atoms with van der Waals surface area (Å²) in [4.78, 5) is 16.1. The van der Waals surface area contributed by atoms with Crippen LogP contribution < -0.4 is 20.7 Å². The molecule has 0 atom stereocenters. The molecule has 0 aromatic heterocycles. The molecular formula is C22H35IN4O2. The zero-order valence-corrected chi connectivity index (χ0v) is 20.0. The Morgan fingerprint density at radius 1 is 1.14 bits per heavy atom. The summed E-state index contributed by atoms with van der Waals surface area (Å²) in [7, 11) is 1.77. The predicted octanol–water partition coefficient (Wildman–Crippen LogP) is 3.37. The van der Waals surface area contributed by atoms with E-state index >= 15 is 0 Å². The standard InChI is InChI=1S/C22H34N4O2.HI/c1-16-7-10-19(20(13-16)28-15-17-8-9-17)14-26-22(23-2)25-12-4-11-24-21(27)18-5-3-6-18;/h7,10,13,17-18H,3-6,8-9,11-12,14-15H2,1-2H3,(H,24,27)(H2,23,25,26);1H. The van der Waals surface area contributed by atoms with Gasteiger partial charge in [0.2, 0.25) is 5.91 Å². The monoisotopic (exact) mass is 514 g/mol. The van der Waals surface area contributed by atoms with Gasteiger partial charge in [0.05, 0.1) is 6.61 Å². The number of aryl methyl sites for hydroxylation is 1. The van der Waals surface area contributed by atoms with Crippen LogP contribution in [0.3, 0.4) is 0 Å². The molecule has 162 valence electrons. The molecule has 0 unspecified atom stereocenters. The third-order valence-corrected chi connectivity index (χ3v) is 5.49. The maximum absolute atomic E-state index is 11.8. The highest BCUT2D eigenvalue weighted by molar-refractivity contribution is 14.0. The highest BCUT2D eigenvalue weighted by atomic mass is 127. The summed E-state index contributed by atoms with van der Waals surface area (Å²) in [6.07, 6.45) is 6.74. The molecule has 6 nitrogen and oxygen atoms in total. The van der Waals surface area contributed by atoms with Crippen LogP contribution >= 0.6 is 24.0 Å². The maximum atomic E-state index is 11.8. The van der Waals surface area contributed by atoms with E-state index in [-0.39, 0.29) is 35.8 Å². The van der Waals surface area contributed by atoms with Crippen molar-refractivity contribution in [2.24, 2.45) is 16.8 Å². The SMILES string of the molecule is CN=C(NCCCNC(=O)C1CCC1)NCc1ccc(C)cc1OCC1CC1.I. The molecule has 2 aliphatic carbocycles. The van der Waals surface area contributed by atoms with Crippen LogP contribution in [0.4, 0.5) is 0 Å². The van der Waals surface area contributed by atoms with Gasteiger partial charge in [-0.15, -0.1) is 24.0 Å². The number of hydrogen-bond acceptors (Lipinski definition) is 3. The van der Waals surface area contributed by atoms with Crippen molar-refractivity contribution in [3.8, 4) is 5.75 Å². The van der Waals surface area contributed by atoms with E-state index in [4.69, 9.17) is 4.74 Å². The molecule has 7 heteroatoms. The van der Waals surface area contributed by atoms with Crippen molar-refractivity contribution in [1.82, 2.24) is 16.0 Å². The van der Waals surface area contributed by atoms with Gasteiger partial charge >= 0.3 is 0 Å². The quantitative estimate of drug-likeness (QED) is 0.194. The second kappa shape index (κ2) is 12.2. The molecule has 3 N–H and O–H groups in total. The third kappa shape index (κ3) is 8.03. The summed E-state index contributed by atoms with van der Waals surface area (Å²) in [6.45, 7) is 5.04. The molecule has 1 aromatic carbocycles. The molecule has 2 saturated carbocycles. The van der Waals surface area contributed by atoms with Crippen molar-refractivity contribution in [3.05, 3.63) is 29.3 Å². The number of amides is 1. The molecule has 0 saturated heterocycles. The molecule has 0 heterocycles. The lowest BCUT2D eigenvalue weighted by atomic mass is 9.85. The third-order valence-electron chi connectivity index (χ3n) is 5.49. The van der Waals surface area contributed by atoms with E-state index in [0.717, 1.165) is 55.6 Å². The summed E-state index contributed by atoms with van der Waals surface area (Å²) in [5.41, 5.74) is 2.35. The van der Waals surface area contributed by atoms with Gasteiger partial charge in [0.1, 0.15) is 5.75 Å². The molecule has 2 fully saturated rings. The minimum atomic E-state index is 0. The molecule has 1 aromatic rings. The number of rotatable bonds is 10. The van der Waals surface area contributed by atoms with Crippen molar-refractivity contribution >= 4 is 35.8 Å². The number of ether oxygens (including phenoxy) is 1. The average molecular weight is 514 g/mol. The van der Waals surface area contributed by atoms with Crippen molar-refractivity contribution < 1.29 is 9.53 Å². The van der Waals surface area contributed by atoms with Crippen molar-refractivity contribution in [3.63, 3.8) is 0 Å². The topological polar surface area (TPSA) is 74.8 Å². The lowest BCUT2D eigenvalue weighted by molar-refractivity contribution is -0.127. The van der Waals surface area contributed by atoms with Crippen LogP contribution in [0.15, 0.2) is 23.2 Å². The summed E-state index contributed by atoms with van der Waals surface area (Å²) in [6, 6.07) is 6.34. The maximum Gasteiger partial charge on any atom is 0.223 e. The minimum Gasteiger partial charge on any atom is -0.493 e. The smallest absolute Gasteiger partial charge is 0.223 e.